The lowest BCUT2D eigenvalue weighted by molar-refractivity contribution is -0.152. The van der Waals surface area contributed by atoms with E-state index in [0.29, 0.717) is 19.4 Å². The Kier molecular flexibility index (Phi) is 7.63. The first-order valence-corrected chi connectivity index (χ1v) is 10.7. The molecule has 0 aliphatic carbocycles. The SMILES string of the molecule is COC(=O)C1(N(CCC=O)c2ccccc2)CCN(CCc2ccccc2)CC1C. The van der Waals surface area contributed by atoms with Crippen LogP contribution in [0.3, 0.4) is 0 Å². The maximum absolute atomic E-state index is 13.2. The van der Waals surface area contributed by atoms with Gasteiger partial charge in [-0.2, -0.15) is 0 Å². The van der Waals surface area contributed by atoms with Crippen molar-refractivity contribution in [3.63, 3.8) is 0 Å². The number of carbonyl (C=O) groups excluding carboxylic acids is 2. The summed E-state index contributed by atoms with van der Waals surface area (Å²) < 4.78 is 5.32. The zero-order chi connectivity index (χ0) is 21.4. The lowest BCUT2D eigenvalue weighted by Gasteiger charge is -2.51. The van der Waals surface area contributed by atoms with Crippen LogP contribution in [0.25, 0.3) is 0 Å². The van der Waals surface area contributed by atoms with Crippen molar-refractivity contribution in [1.82, 2.24) is 4.90 Å². The zero-order valence-corrected chi connectivity index (χ0v) is 18.0. The highest BCUT2D eigenvalue weighted by molar-refractivity contribution is 5.86. The standard InChI is InChI=1S/C25H32N2O3/c1-21-20-26(17-14-22-10-5-3-6-11-22)18-15-25(21,24(29)30-2)27(16-9-19-28)23-12-7-4-8-13-23/h3-8,10-13,19,21H,9,14-18,20H2,1-2H3. The Morgan fingerprint density at radius 1 is 1.17 bits per heavy atom. The summed E-state index contributed by atoms with van der Waals surface area (Å²) in [6.45, 7) is 5.22. The molecule has 1 heterocycles. The van der Waals surface area contributed by atoms with E-state index in [1.54, 1.807) is 0 Å². The Morgan fingerprint density at radius 3 is 2.43 bits per heavy atom. The first kappa shape index (κ1) is 22.0. The molecule has 1 aliphatic heterocycles. The molecule has 2 aromatic rings. The molecule has 2 aromatic carbocycles. The van der Waals surface area contributed by atoms with Crippen LogP contribution in [-0.2, 0) is 20.7 Å². The second kappa shape index (κ2) is 10.4. The summed E-state index contributed by atoms with van der Waals surface area (Å²) in [5, 5.41) is 0. The van der Waals surface area contributed by atoms with Gasteiger partial charge in [0.05, 0.1) is 7.11 Å². The number of likely N-dealkylation sites (tertiary alicyclic amines) is 1. The lowest BCUT2D eigenvalue weighted by Crippen LogP contribution is -2.66. The van der Waals surface area contributed by atoms with Gasteiger partial charge < -0.3 is 19.3 Å². The average molecular weight is 409 g/mol. The first-order chi connectivity index (χ1) is 14.6. The monoisotopic (exact) mass is 408 g/mol. The second-order valence-corrected chi connectivity index (χ2v) is 8.05. The highest BCUT2D eigenvalue weighted by atomic mass is 16.5. The van der Waals surface area contributed by atoms with E-state index in [-0.39, 0.29) is 11.9 Å². The van der Waals surface area contributed by atoms with Crippen molar-refractivity contribution >= 4 is 17.9 Å². The first-order valence-electron chi connectivity index (χ1n) is 10.7. The third kappa shape index (κ3) is 4.73. The Bertz CT molecular complexity index is 812. The number of piperidine rings is 1. The normalized spacial score (nSPS) is 21.7. The number of ether oxygens (including phenoxy) is 1. The smallest absolute Gasteiger partial charge is 0.332 e. The summed E-state index contributed by atoms with van der Waals surface area (Å²) >= 11 is 0. The molecular formula is C25H32N2O3. The number of para-hydroxylation sites is 1. The topological polar surface area (TPSA) is 49.9 Å². The van der Waals surface area contributed by atoms with E-state index in [1.165, 1.54) is 12.7 Å². The third-order valence-corrected chi connectivity index (χ3v) is 6.27. The minimum Gasteiger partial charge on any atom is -0.467 e. The van der Waals surface area contributed by atoms with Gasteiger partial charge in [0.1, 0.15) is 11.8 Å². The quantitative estimate of drug-likeness (QED) is 0.469. The van der Waals surface area contributed by atoms with E-state index in [0.717, 1.165) is 38.0 Å². The number of aldehydes is 1. The summed E-state index contributed by atoms with van der Waals surface area (Å²) in [5.41, 5.74) is 1.50. The molecule has 0 radical (unpaired) electrons. The van der Waals surface area contributed by atoms with Crippen molar-refractivity contribution in [2.45, 2.75) is 31.7 Å². The van der Waals surface area contributed by atoms with Gasteiger partial charge in [0.15, 0.2) is 0 Å². The van der Waals surface area contributed by atoms with Gasteiger partial charge in [-0.1, -0.05) is 55.5 Å². The maximum Gasteiger partial charge on any atom is 0.332 e. The molecule has 30 heavy (non-hydrogen) atoms. The van der Waals surface area contributed by atoms with Crippen molar-refractivity contribution < 1.29 is 14.3 Å². The lowest BCUT2D eigenvalue weighted by atomic mass is 9.76. The highest BCUT2D eigenvalue weighted by Gasteiger charge is 2.52. The molecule has 160 valence electrons. The summed E-state index contributed by atoms with van der Waals surface area (Å²) in [6.07, 6.45) is 2.95. The fourth-order valence-electron chi connectivity index (χ4n) is 4.68. The predicted octanol–water partition coefficient (Wildman–Crippen LogP) is 3.58. The molecule has 1 aliphatic rings. The molecule has 0 aromatic heterocycles. The Hall–Kier alpha value is -2.66. The summed E-state index contributed by atoms with van der Waals surface area (Å²) in [5.74, 6) is -0.159. The van der Waals surface area contributed by atoms with Gasteiger partial charge in [0.2, 0.25) is 0 Å². The molecular weight excluding hydrogens is 376 g/mol. The number of rotatable bonds is 9. The van der Waals surface area contributed by atoms with Gasteiger partial charge >= 0.3 is 5.97 Å². The third-order valence-electron chi connectivity index (χ3n) is 6.27. The van der Waals surface area contributed by atoms with E-state index in [9.17, 15) is 9.59 Å². The molecule has 0 saturated carbocycles. The van der Waals surface area contributed by atoms with Crippen molar-refractivity contribution in [3.8, 4) is 0 Å². The Labute approximate surface area is 179 Å². The van der Waals surface area contributed by atoms with Crippen LogP contribution in [0.15, 0.2) is 60.7 Å². The Morgan fingerprint density at radius 2 is 1.83 bits per heavy atom. The van der Waals surface area contributed by atoms with Crippen LogP contribution < -0.4 is 4.90 Å². The fourth-order valence-corrected chi connectivity index (χ4v) is 4.68. The summed E-state index contributed by atoms with van der Waals surface area (Å²) in [7, 11) is 1.46. The molecule has 0 amide bonds. The van der Waals surface area contributed by atoms with Crippen molar-refractivity contribution in [2.24, 2.45) is 5.92 Å². The van der Waals surface area contributed by atoms with Crippen LogP contribution in [0.5, 0.6) is 0 Å². The van der Waals surface area contributed by atoms with E-state index >= 15 is 0 Å². The molecule has 5 heteroatoms. The zero-order valence-electron chi connectivity index (χ0n) is 18.0. The Balaban J connectivity index is 1.82. The van der Waals surface area contributed by atoms with E-state index in [4.69, 9.17) is 4.74 Å². The van der Waals surface area contributed by atoms with Gasteiger partial charge in [-0.3, -0.25) is 0 Å². The average Bonchev–Trinajstić information content (AvgIpc) is 2.80. The van der Waals surface area contributed by atoms with E-state index < -0.39 is 5.54 Å². The van der Waals surface area contributed by atoms with Crippen LogP contribution in [-0.4, -0.2) is 56.0 Å². The highest BCUT2D eigenvalue weighted by Crippen LogP contribution is 2.38. The molecule has 5 nitrogen and oxygen atoms in total. The van der Waals surface area contributed by atoms with Gasteiger partial charge in [0, 0.05) is 44.2 Å². The predicted molar refractivity (Wildman–Crippen MR) is 120 cm³/mol. The number of benzene rings is 2. The van der Waals surface area contributed by atoms with Crippen molar-refractivity contribution in [2.75, 3.05) is 38.2 Å². The van der Waals surface area contributed by atoms with Crippen LogP contribution in [0.2, 0.25) is 0 Å². The minimum atomic E-state index is -0.775. The van der Waals surface area contributed by atoms with Crippen LogP contribution in [0, 0.1) is 5.92 Å². The number of hydrogen-bond acceptors (Lipinski definition) is 5. The van der Waals surface area contributed by atoms with Crippen molar-refractivity contribution in [3.05, 3.63) is 66.2 Å². The fraction of sp³-hybridized carbons (Fsp3) is 0.440. The van der Waals surface area contributed by atoms with Crippen LogP contribution >= 0.6 is 0 Å². The number of nitrogens with zero attached hydrogens (tertiary/aromatic N) is 2. The van der Waals surface area contributed by atoms with Gasteiger partial charge in [-0.05, 0) is 30.5 Å². The summed E-state index contributed by atoms with van der Waals surface area (Å²) in [6, 6.07) is 20.4. The molecule has 3 rings (SSSR count). The minimum absolute atomic E-state index is 0.0568. The molecule has 0 N–H and O–H groups in total. The molecule has 2 atom stereocenters. The largest absolute Gasteiger partial charge is 0.467 e. The molecule has 2 unspecified atom stereocenters. The number of hydrogen-bond donors (Lipinski definition) is 0. The molecule has 0 spiro atoms. The maximum atomic E-state index is 13.2. The summed E-state index contributed by atoms with van der Waals surface area (Å²) in [4.78, 5) is 28.9. The van der Waals surface area contributed by atoms with Crippen molar-refractivity contribution in [1.29, 1.82) is 0 Å². The number of carbonyl (C=O) groups is 2. The van der Waals surface area contributed by atoms with Crippen LogP contribution in [0.1, 0.15) is 25.3 Å². The van der Waals surface area contributed by atoms with Gasteiger partial charge in [0.25, 0.3) is 0 Å². The van der Waals surface area contributed by atoms with Gasteiger partial charge in [-0.15, -0.1) is 0 Å². The number of anilines is 1. The van der Waals surface area contributed by atoms with Crippen LogP contribution in [0.4, 0.5) is 5.69 Å². The number of esters is 1. The molecule has 1 fully saturated rings. The number of methoxy groups -OCH3 is 1. The van der Waals surface area contributed by atoms with E-state index in [1.807, 2.05) is 36.4 Å². The van der Waals surface area contributed by atoms with E-state index in [2.05, 4.69) is 41.0 Å². The van der Waals surface area contributed by atoms with Gasteiger partial charge in [-0.25, -0.2) is 4.79 Å². The molecule has 1 saturated heterocycles. The second-order valence-electron chi connectivity index (χ2n) is 8.05. The molecule has 0 bridgehead atoms.